The van der Waals surface area contributed by atoms with Gasteiger partial charge in [0.25, 0.3) is 0 Å². The predicted molar refractivity (Wildman–Crippen MR) is 59.9 cm³/mol. The van der Waals surface area contributed by atoms with Crippen molar-refractivity contribution in [3.8, 4) is 5.75 Å². The number of carbonyl (C=O) groups is 1. The smallest absolute Gasteiger partial charge is 0.241 e. The van der Waals surface area contributed by atoms with E-state index in [4.69, 9.17) is 5.73 Å². The summed E-state index contributed by atoms with van der Waals surface area (Å²) in [4.78, 5) is 11.4. The summed E-state index contributed by atoms with van der Waals surface area (Å²) in [6.07, 6.45) is 0. The van der Waals surface area contributed by atoms with Crippen LogP contribution in [0.1, 0.15) is 18.1 Å². The minimum Gasteiger partial charge on any atom is -0.508 e. The molecule has 1 atom stereocenters. The third-order valence-electron chi connectivity index (χ3n) is 2.21. The van der Waals surface area contributed by atoms with Gasteiger partial charge in [-0.05, 0) is 44.0 Å². The third-order valence-corrected chi connectivity index (χ3v) is 2.21. The Bertz CT molecular complexity index is 386. The van der Waals surface area contributed by atoms with Crippen molar-refractivity contribution in [1.82, 2.24) is 0 Å². The van der Waals surface area contributed by atoms with Gasteiger partial charge >= 0.3 is 0 Å². The van der Waals surface area contributed by atoms with Crippen molar-refractivity contribution in [3.63, 3.8) is 0 Å². The van der Waals surface area contributed by atoms with E-state index in [1.807, 2.05) is 6.92 Å². The van der Waals surface area contributed by atoms with E-state index in [0.717, 1.165) is 11.1 Å². The number of hydrogen-bond donors (Lipinski definition) is 3. The molecular formula is C11H16N2O2. The van der Waals surface area contributed by atoms with E-state index in [1.165, 1.54) is 0 Å². The molecule has 0 aromatic heterocycles. The van der Waals surface area contributed by atoms with E-state index in [9.17, 15) is 9.90 Å². The predicted octanol–water partition coefficient (Wildman–Crippen LogP) is 1.29. The Hall–Kier alpha value is -1.55. The summed E-state index contributed by atoms with van der Waals surface area (Å²) < 4.78 is 0. The number of phenols is 1. The van der Waals surface area contributed by atoms with Gasteiger partial charge in [0.15, 0.2) is 0 Å². The minimum absolute atomic E-state index is 0.228. The van der Waals surface area contributed by atoms with Crippen molar-refractivity contribution in [2.45, 2.75) is 26.8 Å². The molecule has 0 saturated carbocycles. The zero-order chi connectivity index (χ0) is 11.6. The second kappa shape index (κ2) is 4.31. The first kappa shape index (κ1) is 11.5. The van der Waals surface area contributed by atoms with Crippen LogP contribution in [0.3, 0.4) is 0 Å². The lowest BCUT2D eigenvalue weighted by molar-refractivity contribution is -0.117. The molecule has 0 bridgehead atoms. The Balaban J connectivity index is 2.96. The molecule has 0 spiro atoms. The molecule has 15 heavy (non-hydrogen) atoms. The normalized spacial score (nSPS) is 12.3. The molecule has 1 aromatic carbocycles. The number of anilines is 1. The van der Waals surface area contributed by atoms with Crippen LogP contribution >= 0.6 is 0 Å². The summed E-state index contributed by atoms with van der Waals surface area (Å²) in [5, 5.41) is 12.1. The zero-order valence-corrected chi connectivity index (χ0v) is 9.16. The Morgan fingerprint density at radius 3 is 2.53 bits per heavy atom. The van der Waals surface area contributed by atoms with Crippen LogP contribution in [-0.4, -0.2) is 17.1 Å². The van der Waals surface area contributed by atoms with Crippen molar-refractivity contribution in [1.29, 1.82) is 0 Å². The number of hydrogen-bond acceptors (Lipinski definition) is 3. The second-order valence-electron chi connectivity index (χ2n) is 3.73. The molecule has 0 unspecified atom stereocenters. The average Bonchev–Trinajstić information content (AvgIpc) is 2.13. The highest BCUT2D eigenvalue weighted by Gasteiger charge is 2.10. The van der Waals surface area contributed by atoms with Gasteiger partial charge in [-0.2, -0.15) is 0 Å². The Labute approximate surface area is 89.1 Å². The van der Waals surface area contributed by atoms with Crippen LogP contribution in [0.4, 0.5) is 5.69 Å². The van der Waals surface area contributed by atoms with Crippen molar-refractivity contribution >= 4 is 11.6 Å². The highest BCUT2D eigenvalue weighted by molar-refractivity contribution is 5.95. The number of aromatic hydroxyl groups is 1. The minimum atomic E-state index is -0.543. The molecule has 4 N–H and O–H groups in total. The summed E-state index contributed by atoms with van der Waals surface area (Å²) in [6.45, 7) is 5.21. The van der Waals surface area contributed by atoms with E-state index in [1.54, 1.807) is 26.0 Å². The molecule has 0 saturated heterocycles. The van der Waals surface area contributed by atoms with E-state index in [2.05, 4.69) is 5.32 Å². The highest BCUT2D eigenvalue weighted by Crippen LogP contribution is 2.24. The summed E-state index contributed by atoms with van der Waals surface area (Å²) in [5.74, 6) is -0.00511. The summed E-state index contributed by atoms with van der Waals surface area (Å²) in [6, 6.07) is 2.80. The molecule has 1 rings (SSSR count). The van der Waals surface area contributed by atoms with Gasteiger partial charge in [0, 0.05) is 5.69 Å². The maximum Gasteiger partial charge on any atom is 0.241 e. The van der Waals surface area contributed by atoms with Gasteiger partial charge in [0.2, 0.25) is 5.91 Å². The van der Waals surface area contributed by atoms with Gasteiger partial charge in [0.05, 0.1) is 6.04 Å². The quantitative estimate of drug-likeness (QED) is 0.641. The van der Waals surface area contributed by atoms with Gasteiger partial charge in [-0.1, -0.05) is 0 Å². The standard InChI is InChI=1S/C11H16N2O2/c1-6-5-10(14)7(2)4-9(6)13-11(15)8(3)12/h4-5,8,14H,12H2,1-3H3,(H,13,15)/t8-/m0/s1. The van der Waals surface area contributed by atoms with Crippen molar-refractivity contribution in [3.05, 3.63) is 23.3 Å². The fraction of sp³-hybridized carbons (Fsp3) is 0.364. The Morgan fingerprint density at radius 2 is 2.00 bits per heavy atom. The summed E-state index contributed by atoms with van der Waals surface area (Å²) in [7, 11) is 0. The molecular weight excluding hydrogens is 192 g/mol. The van der Waals surface area contributed by atoms with E-state index >= 15 is 0 Å². The first-order chi connectivity index (χ1) is 6.91. The Morgan fingerprint density at radius 1 is 1.40 bits per heavy atom. The molecule has 0 fully saturated rings. The van der Waals surface area contributed by atoms with Crippen LogP contribution in [0.25, 0.3) is 0 Å². The molecule has 1 aromatic rings. The second-order valence-corrected chi connectivity index (χ2v) is 3.73. The maximum atomic E-state index is 11.4. The van der Waals surface area contributed by atoms with Gasteiger partial charge in [-0.3, -0.25) is 4.79 Å². The van der Waals surface area contributed by atoms with Gasteiger partial charge in [0.1, 0.15) is 5.75 Å². The molecule has 82 valence electrons. The zero-order valence-electron chi connectivity index (χ0n) is 9.16. The van der Waals surface area contributed by atoms with Crippen molar-refractivity contribution < 1.29 is 9.90 Å². The van der Waals surface area contributed by atoms with Crippen LogP contribution < -0.4 is 11.1 Å². The summed E-state index contributed by atoms with van der Waals surface area (Å²) in [5.41, 5.74) is 7.66. The molecule has 0 heterocycles. The van der Waals surface area contributed by atoms with Crippen LogP contribution in [-0.2, 0) is 4.79 Å². The molecule has 4 heteroatoms. The molecule has 0 aliphatic heterocycles. The number of aryl methyl sites for hydroxylation is 2. The van der Waals surface area contributed by atoms with Crippen molar-refractivity contribution in [2.75, 3.05) is 5.32 Å². The number of phenolic OH excluding ortho intramolecular Hbond substituents is 1. The van der Waals surface area contributed by atoms with E-state index < -0.39 is 6.04 Å². The topological polar surface area (TPSA) is 75.4 Å². The largest absolute Gasteiger partial charge is 0.508 e. The highest BCUT2D eigenvalue weighted by atomic mass is 16.3. The molecule has 0 aliphatic rings. The number of rotatable bonds is 2. The average molecular weight is 208 g/mol. The lowest BCUT2D eigenvalue weighted by atomic mass is 10.1. The first-order valence-electron chi connectivity index (χ1n) is 4.78. The van der Waals surface area contributed by atoms with Gasteiger partial charge < -0.3 is 16.2 Å². The van der Waals surface area contributed by atoms with Crippen LogP contribution in [0.2, 0.25) is 0 Å². The van der Waals surface area contributed by atoms with E-state index in [0.29, 0.717) is 5.69 Å². The number of nitrogens with two attached hydrogens (primary N) is 1. The fourth-order valence-corrected chi connectivity index (χ4v) is 1.18. The summed E-state index contributed by atoms with van der Waals surface area (Å²) >= 11 is 0. The number of amides is 1. The van der Waals surface area contributed by atoms with E-state index in [-0.39, 0.29) is 11.7 Å². The number of nitrogens with one attached hydrogen (secondary N) is 1. The van der Waals surface area contributed by atoms with Crippen LogP contribution in [0.5, 0.6) is 5.75 Å². The van der Waals surface area contributed by atoms with Crippen LogP contribution in [0, 0.1) is 13.8 Å². The lowest BCUT2D eigenvalue weighted by Crippen LogP contribution is -2.32. The lowest BCUT2D eigenvalue weighted by Gasteiger charge is -2.12. The molecule has 4 nitrogen and oxygen atoms in total. The molecule has 0 aliphatic carbocycles. The monoisotopic (exact) mass is 208 g/mol. The molecule has 0 radical (unpaired) electrons. The molecule has 1 amide bonds. The number of benzene rings is 1. The fourth-order valence-electron chi connectivity index (χ4n) is 1.18. The Kier molecular flexibility index (Phi) is 3.31. The number of carbonyl (C=O) groups excluding carboxylic acids is 1. The van der Waals surface area contributed by atoms with Gasteiger partial charge in [-0.25, -0.2) is 0 Å². The first-order valence-corrected chi connectivity index (χ1v) is 4.78. The van der Waals surface area contributed by atoms with Crippen LogP contribution in [0.15, 0.2) is 12.1 Å². The maximum absolute atomic E-state index is 11.4. The third kappa shape index (κ3) is 2.70. The van der Waals surface area contributed by atoms with Crippen molar-refractivity contribution in [2.24, 2.45) is 5.73 Å². The SMILES string of the molecule is Cc1cc(NC(=O)[C@H](C)N)c(C)cc1O. The van der Waals surface area contributed by atoms with Gasteiger partial charge in [-0.15, -0.1) is 0 Å².